The van der Waals surface area contributed by atoms with Gasteiger partial charge in [0.2, 0.25) is 0 Å². The summed E-state index contributed by atoms with van der Waals surface area (Å²) in [5.74, 6) is 1.18. The second-order valence-electron chi connectivity index (χ2n) is 5.25. The van der Waals surface area contributed by atoms with Crippen LogP contribution in [0.25, 0.3) is 0 Å². The van der Waals surface area contributed by atoms with Crippen LogP contribution in [0.2, 0.25) is 0 Å². The molecule has 1 aromatic heterocycles. The Morgan fingerprint density at radius 2 is 2.00 bits per heavy atom. The van der Waals surface area contributed by atoms with E-state index in [1.165, 1.54) is 0 Å². The molecule has 0 aliphatic carbocycles. The van der Waals surface area contributed by atoms with E-state index in [1.54, 1.807) is 0 Å². The molecular weight excluding hydrogens is 427 g/mol. The molecule has 0 saturated heterocycles. The topological polar surface area (TPSA) is 49.6 Å². The molecule has 1 heterocycles. The van der Waals surface area contributed by atoms with Crippen molar-refractivity contribution < 1.29 is 13.2 Å². The molecule has 0 spiro atoms. The highest BCUT2D eigenvalue weighted by molar-refractivity contribution is 14.0. The number of halogens is 3. The Hall–Kier alpha value is -1.64. The molecule has 1 atom stereocenters. The van der Waals surface area contributed by atoms with E-state index in [4.69, 9.17) is 4.42 Å². The predicted octanol–water partition coefficient (Wildman–Crippen LogP) is 4.30. The summed E-state index contributed by atoms with van der Waals surface area (Å²) >= 11 is 0. The van der Waals surface area contributed by atoms with Gasteiger partial charge in [-0.25, -0.2) is 13.8 Å². The van der Waals surface area contributed by atoms with Crippen molar-refractivity contribution in [3.8, 4) is 0 Å². The van der Waals surface area contributed by atoms with E-state index in [0.717, 1.165) is 29.7 Å². The number of aliphatic imine (C=N–C) groups is 1. The minimum atomic E-state index is -0.478. The van der Waals surface area contributed by atoms with Crippen LogP contribution in [0.1, 0.15) is 37.0 Å². The van der Waals surface area contributed by atoms with Crippen LogP contribution in [0.4, 0.5) is 8.78 Å². The maximum absolute atomic E-state index is 13.6. The summed E-state index contributed by atoms with van der Waals surface area (Å²) in [5, 5.41) is 6.26. The van der Waals surface area contributed by atoms with Crippen LogP contribution in [-0.4, -0.2) is 12.5 Å². The molecule has 24 heavy (non-hydrogen) atoms. The molecule has 2 aromatic rings. The smallest absolute Gasteiger partial charge is 0.192 e. The van der Waals surface area contributed by atoms with E-state index in [9.17, 15) is 8.78 Å². The summed E-state index contributed by atoms with van der Waals surface area (Å²) in [6.07, 6.45) is 0. The van der Waals surface area contributed by atoms with Gasteiger partial charge in [0.15, 0.2) is 5.96 Å². The Morgan fingerprint density at radius 3 is 2.62 bits per heavy atom. The quantitative estimate of drug-likeness (QED) is 0.407. The van der Waals surface area contributed by atoms with Gasteiger partial charge in [0.1, 0.15) is 23.2 Å². The fraction of sp³-hybridized carbons (Fsp3) is 0.353. The lowest BCUT2D eigenvalue weighted by molar-refractivity contribution is 0.441. The van der Waals surface area contributed by atoms with Gasteiger partial charge < -0.3 is 15.1 Å². The SMILES string of the molecule is CCNC(=NCc1cc(F)ccc1F)NC(C)c1ccc(C)o1.I. The molecule has 2 rings (SSSR count). The standard InChI is InChI=1S/C17H21F2N3O.HI/c1-4-20-17(22-12(3)16-8-5-11(2)23-16)21-10-13-9-14(18)6-7-15(13)19;/h5-9,12H,4,10H2,1-3H3,(H2,20,21,22);1H. The molecule has 4 nitrogen and oxygen atoms in total. The molecule has 1 aromatic carbocycles. The summed E-state index contributed by atoms with van der Waals surface area (Å²) in [7, 11) is 0. The molecule has 0 radical (unpaired) electrons. The Labute approximate surface area is 157 Å². The van der Waals surface area contributed by atoms with E-state index in [2.05, 4.69) is 15.6 Å². The average Bonchev–Trinajstić information content (AvgIpc) is 2.95. The van der Waals surface area contributed by atoms with E-state index in [1.807, 2.05) is 32.9 Å². The highest BCUT2D eigenvalue weighted by atomic mass is 127. The van der Waals surface area contributed by atoms with Gasteiger partial charge >= 0.3 is 0 Å². The highest BCUT2D eigenvalue weighted by Gasteiger charge is 2.11. The Balaban J connectivity index is 0.00000288. The second kappa shape index (κ2) is 9.61. The predicted molar refractivity (Wildman–Crippen MR) is 102 cm³/mol. The van der Waals surface area contributed by atoms with Gasteiger partial charge in [-0.05, 0) is 51.1 Å². The van der Waals surface area contributed by atoms with Crippen molar-refractivity contribution >= 4 is 29.9 Å². The van der Waals surface area contributed by atoms with E-state index in [-0.39, 0.29) is 42.1 Å². The molecule has 1 unspecified atom stereocenters. The average molecular weight is 449 g/mol. The normalized spacial score (nSPS) is 12.5. The molecule has 0 aliphatic rings. The first-order valence-corrected chi connectivity index (χ1v) is 7.54. The van der Waals surface area contributed by atoms with E-state index >= 15 is 0 Å². The Morgan fingerprint density at radius 1 is 1.25 bits per heavy atom. The van der Waals surface area contributed by atoms with Crippen molar-refractivity contribution in [3.63, 3.8) is 0 Å². The van der Waals surface area contributed by atoms with Crippen molar-refractivity contribution in [2.45, 2.75) is 33.4 Å². The van der Waals surface area contributed by atoms with Crippen molar-refractivity contribution in [1.82, 2.24) is 10.6 Å². The molecule has 0 saturated carbocycles. The third-order valence-corrected chi connectivity index (χ3v) is 3.30. The summed E-state index contributed by atoms with van der Waals surface area (Å²) in [5.41, 5.74) is 0.212. The first kappa shape index (κ1) is 20.4. The van der Waals surface area contributed by atoms with E-state index in [0.29, 0.717) is 12.5 Å². The van der Waals surface area contributed by atoms with Crippen molar-refractivity contribution in [3.05, 3.63) is 59.1 Å². The summed E-state index contributed by atoms with van der Waals surface area (Å²) in [4.78, 5) is 4.30. The Kier molecular flexibility index (Phi) is 8.17. The van der Waals surface area contributed by atoms with Gasteiger partial charge in [0.25, 0.3) is 0 Å². The number of guanidine groups is 1. The maximum atomic E-state index is 13.6. The van der Waals surface area contributed by atoms with Gasteiger partial charge in [0.05, 0.1) is 12.6 Å². The lowest BCUT2D eigenvalue weighted by atomic mass is 10.2. The largest absolute Gasteiger partial charge is 0.464 e. The monoisotopic (exact) mass is 449 g/mol. The number of aryl methyl sites for hydroxylation is 1. The first-order chi connectivity index (χ1) is 11.0. The van der Waals surface area contributed by atoms with Gasteiger partial charge in [-0.1, -0.05) is 0 Å². The van der Waals surface area contributed by atoms with Crippen LogP contribution in [0.15, 0.2) is 39.7 Å². The summed E-state index contributed by atoms with van der Waals surface area (Å²) < 4.78 is 32.4. The van der Waals surface area contributed by atoms with Crippen molar-refractivity contribution in [2.24, 2.45) is 4.99 Å². The van der Waals surface area contributed by atoms with Gasteiger partial charge in [-0.3, -0.25) is 0 Å². The second-order valence-corrected chi connectivity index (χ2v) is 5.25. The highest BCUT2D eigenvalue weighted by Crippen LogP contribution is 2.15. The summed E-state index contributed by atoms with van der Waals surface area (Å²) in [6.45, 7) is 6.45. The van der Waals surface area contributed by atoms with Crippen molar-refractivity contribution in [1.29, 1.82) is 0 Å². The molecule has 0 fully saturated rings. The lowest BCUT2D eigenvalue weighted by Crippen LogP contribution is -2.38. The van der Waals surface area contributed by atoms with Crippen LogP contribution in [0.3, 0.4) is 0 Å². The maximum Gasteiger partial charge on any atom is 0.192 e. The summed E-state index contributed by atoms with van der Waals surface area (Å²) in [6, 6.07) is 7.03. The first-order valence-electron chi connectivity index (χ1n) is 7.54. The van der Waals surface area contributed by atoms with Gasteiger partial charge in [-0.15, -0.1) is 24.0 Å². The molecular formula is C17H22F2IN3O. The zero-order valence-corrected chi connectivity index (χ0v) is 16.2. The fourth-order valence-electron chi connectivity index (χ4n) is 2.11. The van der Waals surface area contributed by atoms with Crippen LogP contribution in [0.5, 0.6) is 0 Å². The van der Waals surface area contributed by atoms with Gasteiger partial charge in [-0.2, -0.15) is 0 Å². The molecule has 132 valence electrons. The number of nitrogens with zero attached hydrogens (tertiary/aromatic N) is 1. The number of benzene rings is 1. The third kappa shape index (κ3) is 5.77. The molecule has 0 amide bonds. The van der Waals surface area contributed by atoms with Crippen LogP contribution < -0.4 is 10.6 Å². The number of hydrogen-bond donors (Lipinski definition) is 2. The van der Waals surface area contributed by atoms with Crippen LogP contribution in [0, 0.1) is 18.6 Å². The number of hydrogen-bond acceptors (Lipinski definition) is 2. The fourth-order valence-corrected chi connectivity index (χ4v) is 2.11. The van der Waals surface area contributed by atoms with Crippen molar-refractivity contribution in [2.75, 3.05) is 6.54 Å². The minimum Gasteiger partial charge on any atom is -0.464 e. The molecule has 7 heteroatoms. The third-order valence-electron chi connectivity index (χ3n) is 3.30. The van der Waals surface area contributed by atoms with Crippen LogP contribution in [-0.2, 0) is 6.54 Å². The molecule has 0 bridgehead atoms. The number of furan rings is 1. The number of nitrogens with one attached hydrogen (secondary N) is 2. The van der Waals surface area contributed by atoms with E-state index < -0.39 is 11.6 Å². The zero-order valence-electron chi connectivity index (χ0n) is 13.9. The molecule has 2 N–H and O–H groups in total. The Bertz CT molecular complexity index is 688. The molecule has 0 aliphatic heterocycles. The minimum absolute atomic E-state index is 0. The van der Waals surface area contributed by atoms with Gasteiger partial charge in [0, 0.05) is 12.1 Å². The lowest BCUT2D eigenvalue weighted by Gasteiger charge is -2.16. The number of rotatable bonds is 5. The van der Waals surface area contributed by atoms with Crippen LogP contribution >= 0.6 is 24.0 Å². The zero-order chi connectivity index (χ0) is 16.8.